The van der Waals surface area contributed by atoms with E-state index in [1.54, 1.807) is 13.2 Å². The monoisotopic (exact) mass is 363 g/mol. The smallest absolute Gasteiger partial charge is 0.337 e. The van der Waals surface area contributed by atoms with E-state index in [4.69, 9.17) is 21.0 Å². The molecule has 0 spiro atoms. The first-order valence-electron chi connectivity index (χ1n) is 8.60. The molecule has 0 fully saturated rings. The van der Waals surface area contributed by atoms with Crippen molar-refractivity contribution < 1.29 is 14.3 Å². The summed E-state index contributed by atoms with van der Waals surface area (Å²) in [5.41, 5.74) is 4.79. The Kier molecular flexibility index (Phi) is 5.53. The van der Waals surface area contributed by atoms with E-state index in [1.807, 2.05) is 37.3 Å². The summed E-state index contributed by atoms with van der Waals surface area (Å²) in [7, 11) is 3.04. The minimum Gasteiger partial charge on any atom is -0.465 e. The zero-order valence-corrected chi connectivity index (χ0v) is 15.7. The fourth-order valence-electron chi connectivity index (χ4n) is 3.11. The molecule has 0 N–H and O–H groups in total. The van der Waals surface area contributed by atoms with Gasteiger partial charge >= 0.3 is 5.97 Å². The minimum atomic E-state index is -0.359. The van der Waals surface area contributed by atoms with Gasteiger partial charge in [-0.1, -0.05) is 12.1 Å². The maximum atomic E-state index is 11.8. The molecule has 1 aromatic heterocycles. The Morgan fingerprint density at radius 1 is 1.26 bits per heavy atom. The highest BCUT2D eigenvalue weighted by Crippen LogP contribution is 2.27. The van der Waals surface area contributed by atoms with Gasteiger partial charge in [-0.3, -0.25) is 0 Å². The highest BCUT2D eigenvalue weighted by Gasteiger charge is 2.14. The summed E-state index contributed by atoms with van der Waals surface area (Å²) in [4.78, 5) is 20.1. The van der Waals surface area contributed by atoms with Crippen LogP contribution in [-0.2, 0) is 22.4 Å². The highest BCUT2D eigenvalue weighted by molar-refractivity contribution is 5.89. The van der Waals surface area contributed by atoms with Crippen molar-refractivity contribution in [1.29, 1.82) is 0 Å². The van der Waals surface area contributed by atoms with E-state index in [-0.39, 0.29) is 5.97 Å². The highest BCUT2D eigenvalue weighted by atomic mass is 16.5. The molecule has 0 radical (unpaired) electrons. The molecule has 0 bridgehead atoms. The van der Waals surface area contributed by atoms with E-state index in [0.29, 0.717) is 30.8 Å². The molecule has 0 amide bonds. The van der Waals surface area contributed by atoms with Crippen LogP contribution in [0.15, 0.2) is 36.4 Å². The number of ether oxygens (including phenoxy) is 2. The number of aryl methyl sites for hydroxylation is 1. The Balaban J connectivity index is 2.05. The lowest BCUT2D eigenvalue weighted by Gasteiger charge is -2.10. The zero-order valence-electron chi connectivity index (χ0n) is 15.7. The summed E-state index contributed by atoms with van der Waals surface area (Å²) in [5.74, 6) is 0.507. The van der Waals surface area contributed by atoms with Gasteiger partial charge in [-0.15, -0.1) is 0 Å². The predicted octanol–water partition coefficient (Wildman–Crippen LogP) is 3.92. The van der Waals surface area contributed by atoms with E-state index < -0.39 is 0 Å². The maximum absolute atomic E-state index is 11.8. The second-order valence-corrected chi connectivity index (χ2v) is 6.28. The van der Waals surface area contributed by atoms with E-state index in [2.05, 4.69) is 9.41 Å². The third kappa shape index (κ3) is 3.83. The summed E-state index contributed by atoms with van der Waals surface area (Å²) < 4.78 is 12.2. The topological polar surface area (TPSA) is 57.7 Å². The van der Waals surface area contributed by atoms with Gasteiger partial charge < -0.3 is 14.0 Å². The number of aromatic nitrogens is 2. The normalized spacial score (nSPS) is 10.7. The largest absolute Gasteiger partial charge is 0.465 e. The minimum absolute atomic E-state index is 0.359. The molecular weight excluding hydrogens is 342 g/mol. The predicted molar refractivity (Wildman–Crippen MR) is 103 cm³/mol. The van der Waals surface area contributed by atoms with Crippen LogP contribution in [0.25, 0.3) is 15.9 Å². The van der Waals surface area contributed by atoms with Crippen molar-refractivity contribution in [2.24, 2.45) is 0 Å². The van der Waals surface area contributed by atoms with Crippen molar-refractivity contribution in [3.05, 3.63) is 70.3 Å². The molecule has 0 aliphatic carbocycles. The fourth-order valence-corrected chi connectivity index (χ4v) is 3.11. The van der Waals surface area contributed by atoms with Crippen molar-refractivity contribution in [1.82, 2.24) is 9.55 Å². The van der Waals surface area contributed by atoms with Gasteiger partial charge in [-0.2, -0.15) is 0 Å². The van der Waals surface area contributed by atoms with Gasteiger partial charge in [-0.05, 0) is 42.3 Å². The summed E-state index contributed by atoms with van der Waals surface area (Å²) in [6.45, 7) is 10.5. The van der Waals surface area contributed by atoms with Crippen LogP contribution in [0.3, 0.4) is 0 Å². The summed E-state index contributed by atoms with van der Waals surface area (Å²) in [6, 6.07) is 11.2. The van der Waals surface area contributed by atoms with E-state index >= 15 is 0 Å². The number of rotatable bonds is 6. The number of hydrogen-bond acceptors (Lipinski definition) is 4. The first-order chi connectivity index (χ1) is 13.1. The molecule has 0 saturated heterocycles. The Labute approximate surface area is 158 Å². The third-order valence-electron chi connectivity index (χ3n) is 4.49. The molecule has 138 valence electrons. The quantitative estimate of drug-likeness (QED) is 0.492. The van der Waals surface area contributed by atoms with E-state index in [1.165, 1.54) is 7.11 Å². The Bertz CT molecular complexity index is 1030. The van der Waals surface area contributed by atoms with Gasteiger partial charge in [0.1, 0.15) is 5.82 Å². The first kappa shape index (κ1) is 18.6. The van der Waals surface area contributed by atoms with Crippen LogP contribution in [0, 0.1) is 13.5 Å². The van der Waals surface area contributed by atoms with Gasteiger partial charge in [0.15, 0.2) is 5.69 Å². The first-order valence-corrected chi connectivity index (χ1v) is 8.60. The van der Waals surface area contributed by atoms with Crippen LogP contribution >= 0.6 is 0 Å². The molecule has 3 aromatic rings. The van der Waals surface area contributed by atoms with Gasteiger partial charge in [0.05, 0.1) is 36.9 Å². The number of carbonyl (C=O) groups is 1. The van der Waals surface area contributed by atoms with Crippen LogP contribution in [0.1, 0.15) is 27.3 Å². The molecule has 27 heavy (non-hydrogen) atoms. The molecule has 0 aliphatic heterocycles. The molecule has 2 aromatic carbocycles. The summed E-state index contributed by atoms with van der Waals surface area (Å²) >= 11 is 0. The third-order valence-corrected chi connectivity index (χ3v) is 4.49. The molecule has 0 saturated carbocycles. The zero-order chi connectivity index (χ0) is 19.4. The van der Waals surface area contributed by atoms with Gasteiger partial charge in [0.2, 0.25) is 0 Å². The fraction of sp³-hybridized carbons (Fsp3) is 0.286. The lowest BCUT2D eigenvalue weighted by Crippen LogP contribution is -2.09. The van der Waals surface area contributed by atoms with Crippen molar-refractivity contribution in [2.75, 3.05) is 20.8 Å². The number of imidazole rings is 1. The van der Waals surface area contributed by atoms with Crippen LogP contribution in [0.4, 0.5) is 5.69 Å². The summed E-state index contributed by atoms with van der Waals surface area (Å²) in [5, 5.41) is 0. The number of esters is 1. The second kappa shape index (κ2) is 8.02. The van der Waals surface area contributed by atoms with Crippen LogP contribution in [0.2, 0.25) is 0 Å². The number of carbonyl (C=O) groups excluding carboxylic acids is 1. The molecule has 6 nitrogen and oxygen atoms in total. The van der Waals surface area contributed by atoms with Crippen LogP contribution < -0.4 is 0 Å². The van der Waals surface area contributed by atoms with Gasteiger partial charge in [-0.25, -0.2) is 14.6 Å². The second-order valence-electron chi connectivity index (χ2n) is 6.28. The van der Waals surface area contributed by atoms with Crippen molar-refractivity contribution in [2.45, 2.75) is 19.9 Å². The maximum Gasteiger partial charge on any atom is 0.337 e. The molecule has 1 heterocycles. The Morgan fingerprint density at radius 2 is 2.07 bits per heavy atom. The van der Waals surface area contributed by atoms with E-state index in [9.17, 15) is 4.79 Å². The van der Waals surface area contributed by atoms with E-state index in [0.717, 1.165) is 28.0 Å². The van der Waals surface area contributed by atoms with Crippen LogP contribution in [-0.4, -0.2) is 36.3 Å². The summed E-state index contributed by atoms with van der Waals surface area (Å²) in [6.07, 6.45) is 0.565. The molecule has 0 aliphatic rings. The Morgan fingerprint density at radius 3 is 2.78 bits per heavy atom. The van der Waals surface area contributed by atoms with Gasteiger partial charge in [0.25, 0.3) is 0 Å². The SMILES string of the molecule is [C-]#[N+]c1cc2nc(Cc3cccc(C(=O)OC)c3)n(CCOC)c2cc1C. The molecular formula is C21H21N3O3. The lowest BCUT2D eigenvalue weighted by molar-refractivity contribution is 0.0600. The van der Waals surface area contributed by atoms with Crippen molar-refractivity contribution in [3.8, 4) is 0 Å². The number of methoxy groups -OCH3 is 2. The standard InChI is InChI=1S/C21H21N3O3/c1-14-10-19-18(13-17(14)22-2)23-20(24(19)8-9-26-3)12-15-6-5-7-16(11-15)21(25)27-4/h5-7,10-11,13H,8-9,12H2,1,3-4H3. The lowest BCUT2D eigenvalue weighted by atomic mass is 10.1. The number of benzene rings is 2. The Hall–Kier alpha value is -3.17. The molecule has 3 rings (SSSR count). The average molecular weight is 363 g/mol. The molecule has 0 atom stereocenters. The number of fused-ring (bicyclic) bond motifs is 1. The van der Waals surface area contributed by atoms with Crippen molar-refractivity contribution in [3.63, 3.8) is 0 Å². The molecule has 6 heteroatoms. The number of nitrogens with zero attached hydrogens (tertiary/aromatic N) is 3. The molecule has 0 unspecified atom stereocenters. The van der Waals surface area contributed by atoms with Crippen LogP contribution in [0.5, 0.6) is 0 Å². The van der Waals surface area contributed by atoms with Crippen molar-refractivity contribution >= 4 is 22.7 Å². The average Bonchev–Trinajstić information content (AvgIpc) is 3.00. The van der Waals surface area contributed by atoms with Gasteiger partial charge in [0, 0.05) is 20.1 Å². The number of hydrogen-bond donors (Lipinski definition) is 0.